The van der Waals surface area contributed by atoms with Gasteiger partial charge in [0, 0.05) is 4.57 Å². The van der Waals surface area contributed by atoms with Crippen molar-refractivity contribution in [3.8, 4) is 0 Å². The van der Waals surface area contributed by atoms with Gasteiger partial charge < -0.3 is 0 Å². The molecule has 0 saturated carbocycles. The molecule has 0 radical (unpaired) electrons. The van der Waals surface area contributed by atoms with Crippen LogP contribution < -0.4 is 0 Å². The fourth-order valence-corrected chi connectivity index (χ4v) is 0.744. The highest BCUT2D eigenvalue weighted by molar-refractivity contribution is 7.33. The molecule has 7 heteroatoms. The van der Waals surface area contributed by atoms with Gasteiger partial charge in [0.15, 0.2) is 0 Å². The summed E-state index contributed by atoms with van der Waals surface area (Å²) in [5.74, 6) is 0. The van der Waals surface area contributed by atoms with Gasteiger partial charge in [0.05, 0.1) is 0 Å². The molecule has 0 bridgehead atoms. The molecule has 0 heterocycles. The summed E-state index contributed by atoms with van der Waals surface area (Å²) >= 11 is 0. The molecule has 0 N–H and O–H groups in total. The number of rotatable bonds is 4. The minimum Gasteiger partial charge on any atom is -0.174 e. The number of hydrogen-bond donors (Lipinski definition) is 0. The van der Waals surface area contributed by atoms with Gasteiger partial charge in [-0.2, -0.15) is 13.2 Å². The molecule has 74 valence electrons. The van der Waals surface area contributed by atoms with Crippen molar-refractivity contribution in [1.29, 1.82) is 0 Å². The fourth-order valence-electron chi connectivity index (χ4n) is 0.248. The Bertz CT molecular complexity index is 101. The molecule has 0 aromatic rings. The summed E-state index contributed by atoms with van der Waals surface area (Å²) in [6.45, 7) is 0.753. The predicted octanol–water partition coefficient (Wildman–Crippen LogP) is 2.90. The van der Waals surface area contributed by atoms with Crippen LogP contribution in [0.25, 0.3) is 0 Å². The Morgan fingerprint density at radius 1 is 1.17 bits per heavy atom. The third-order valence-corrected chi connectivity index (χ3v) is 1.41. The average Bonchev–Trinajstić information content (AvgIpc) is 1.87. The summed E-state index contributed by atoms with van der Waals surface area (Å²) in [6, 6.07) is 0. The molecule has 0 aromatic carbocycles. The van der Waals surface area contributed by atoms with Crippen LogP contribution in [-0.2, 0) is 13.6 Å². The first-order valence-electron chi connectivity index (χ1n) is 3.19. The Balaban J connectivity index is 0. The summed E-state index contributed by atoms with van der Waals surface area (Å²) in [5, 5.41) is 0. The number of alkyl halides is 3. The molecule has 0 aliphatic carbocycles. The van der Waals surface area contributed by atoms with Gasteiger partial charge in [0.1, 0.15) is 13.2 Å². The first-order chi connectivity index (χ1) is 5.54. The lowest BCUT2D eigenvalue weighted by Gasteiger charge is -1.78. The second kappa shape index (κ2) is 10.8. The van der Waals surface area contributed by atoms with Gasteiger partial charge in [0.25, 0.3) is 0 Å². The Morgan fingerprint density at radius 3 is 1.58 bits per heavy atom. The van der Waals surface area contributed by atoms with Crippen molar-refractivity contribution >= 4 is 8.25 Å². The highest BCUT2D eigenvalue weighted by Crippen LogP contribution is 2.21. The topological polar surface area (TPSA) is 35.5 Å². The molecule has 3 nitrogen and oxygen atoms in total. The van der Waals surface area contributed by atoms with E-state index in [1.165, 1.54) is 0 Å². The number of halogens is 3. The van der Waals surface area contributed by atoms with Gasteiger partial charge in [-0.15, -0.1) is 9.05 Å². The van der Waals surface area contributed by atoms with Gasteiger partial charge >= 0.3 is 14.9 Å². The fraction of sp³-hybridized carbons (Fsp3) is 1.00. The molecule has 0 fully saturated rings. The van der Waals surface area contributed by atoms with E-state index in [9.17, 15) is 17.7 Å². The number of hydrogen-bond acceptors (Lipinski definition) is 3. The van der Waals surface area contributed by atoms with Gasteiger partial charge in [-0.3, -0.25) is 0 Å². The van der Waals surface area contributed by atoms with Crippen molar-refractivity contribution in [3.63, 3.8) is 0 Å². The Kier molecular flexibility index (Phi) is 12.9. The van der Waals surface area contributed by atoms with Gasteiger partial charge in [0.2, 0.25) is 0 Å². The Labute approximate surface area is 69.8 Å². The summed E-state index contributed by atoms with van der Waals surface area (Å²) in [4.78, 5) is 0. The quantitative estimate of drug-likeness (QED) is 0.665. The molecule has 0 aromatic heterocycles. The molecule has 0 unspecified atom stereocenters. The zero-order valence-corrected chi connectivity index (χ0v) is 7.69. The summed E-state index contributed by atoms with van der Waals surface area (Å²) < 4.78 is 48.5. The van der Waals surface area contributed by atoms with E-state index in [0.717, 1.165) is 0 Å². The van der Waals surface area contributed by atoms with Crippen molar-refractivity contribution in [2.75, 3.05) is 13.2 Å². The third-order valence-electron chi connectivity index (χ3n) is 0.469. The Morgan fingerprint density at radius 2 is 1.42 bits per heavy atom. The van der Waals surface area contributed by atoms with Gasteiger partial charge in [-0.05, 0) is 13.8 Å². The van der Waals surface area contributed by atoms with Crippen LogP contribution in [-0.4, -0.2) is 19.9 Å². The lowest BCUT2D eigenvalue weighted by atomic mass is 10.9. The average molecular weight is 207 g/mol. The minimum absolute atomic E-state index is 0.440. The highest BCUT2D eigenvalue weighted by atomic mass is 31.1. The maximum absolute atomic E-state index is 10.3. The standard InChI is InChI=1S/C4H10O3P.CHF3/c1-3-6-8(5)7-4-2;2-1(3)4/h3-4H2,1-2H3;1H/q+1;. The first-order valence-corrected chi connectivity index (χ1v) is 4.29. The van der Waals surface area contributed by atoms with Crippen molar-refractivity contribution in [2.45, 2.75) is 20.5 Å². The van der Waals surface area contributed by atoms with E-state index in [1.807, 2.05) is 0 Å². The molecule has 0 amide bonds. The lowest BCUT2D eigenvalue weighted by Crippen LogP contribution is -1.81. The molecule has 0 aliphatic rings. The predicted molar refractivity (Wildman–Crippen MR) is 38.0 cm³/mol. The van der Waals surface area contributed by atoms with Crippen LogP contribution in [0.4, 0.5) is 13.2 Å². The molecule has 0 spiro atoms. The van der Waals surface area contributed by atoms with Crippen LogP contribution in [0.2, 0.25) is 0 Å². The van der Waals surface area contributed by atoms with Crippen molar-refractivity contribution in [1.82, 2.24) is 0 Å². The second-order valence-corrected chi connectivity index (χ2v) is 2.27. The maximum Gasteiger partial charge on any atom is 0.697 e. The van der Waals surface area contributed by atoms with Crippen molar-refractivity contribution < 1.29 is 26.8 Å². The molecule has 12 heavy (non-hydrogen) atoms. The minimum atomic E-state index is -3.67. The van der Waals surface area contributed by atoms with E-state index in [-0.39, 0.29) is 0 Å². The van der Waals surface area contributed by atoms with Crippen LogP contribution in [0.15, 0.2) is 0 Å². The second-order valence-electron chi connectivity index (χ2n) is 1.31. The van der Waals surface area contributed by atoms with E-state index < -0.39 is 14.9 Å². The lowest BCUT2D eigenvalue weighted by molar-refractivity contribution is 0.00819. The van der Waals surface area contributed by atoms with E-state index in [2.05, 4.69) is 9.05 Å². The van der Waals surface area contributed by atoms with E-state index in [1.54, 1.807) is 13.8 Å². The van der Waals surface area contributed by atoms with Crippen LogP contribution in [0.1, 0.15) is 13.8 Å². The third kappa shape index (κ3) is 22.6. The highest BCUT2D eigenvalue weighted by Gasteiger charge is 2.15. The molecular weight excluding hydrogens is 196 g/mol. The zero-order valence-electron chi connectivity index (χ0n) is 6.80. The first kappa shape index (κ1) is 14.3. The molecular formula is C5H11F3O3P+. The normalized spacial score (nSPS) is 9.17. The summed E-state index contributed by atoms with van der Waals surface area (Å²) in [6.07, 6.45) is 0. The van der Waals surface area contributed by atoms with E-state index >= 15 is 0 Å². The summed E-state index contributed by atoms with van der Waals surface area (Å²) in [5.41, 5.74) is 0. The smallest absolute Gasteiger partial charge is 0.174 e. The van der Waals surface area contributed by atoms with Gasteiger partial charge in [-0.25, -0.2) is 0 Å². The van der Waals surface area contributed by atoms with Crippen LogP contribution in [0, 0.1) is 0 Å². The van der Waals surface area contributed by atoms with Crippen molar-refractivity contribution in [2.24, 2.45) is 0 Å². The zero-order chi connectivity index (χ0) is 9.98. The monoisotopic (exact) mass is 207 g/mol. The molecule has 0 rings (SSSR count). The maximum atomic E-state index is 10.3. The largest absolute Gasteiger partial charge is 0.697 e. The van der Waals surface area contributed by atoms with Crippen LogP contribution >= 0.6 is 8.25 Å². The van der Waals surface area contributed by atoms with E-state index in [0.29, 0.717) is 13.2 Å². The van der Waals surface area contributed by atoms with E-state index in [4.69, 9.17) is 0 Å². The van der Waals surface area contributed by atoms with Gasteiger partial charge in [-0.1, -0.05) is 0 Å². The SMILES string of the molecule is CCO[P+](=O)OCC.FC(F)F. The Hall–Kier alpha value is -0.190. The summed E-state index contributed by atoms with van der Waals surface area (Å²) in [7, 11) is -1.83. The molecule has 0 saturated heterocycles. The van der Waals surface area contributed by atoms with Crippen LogP contribution in [0.3, 0.4) is 0 Å². The van der Waals surface area contributed by atoms with Crippen LogP contribution in [0.5, 0.6) is 0 Å². The van der Waals surface area contributed by atoms with Crippen molar-refractivity contribution in [3.05, 3.63) is 0 Å². The molecule has 0 atom stereocenters. The molecule has 0 aliphatic heterocycles.